The molecule has 0 spiro atoms. The van der Waals surface area contributed by atoms with Crippen LogP contribution in [0.2, 0.25) is 0 Å². The molecule has 1 saturated carbocycles. The fourth-order valence-corrected chi connectivity index (χ4v) is 3.01. The summed E-state index contributed by atoms with van der Waals surface area (Å²) in [6, 6.07) is 0.441. The van der Waals surface area contributed by atoms with E-state index in [1.807, 2.05) is 18.7 Å². The maximum Gasteiger partial charge on any atom is 0.323 e. The minimum Gasteiger partial charge on any atom is -0.480 e. The van der Waals surface area contributed by atoms with Gasteiger partial charge in [-0.25, -0.2) is 0 Å². The zero-order valence-electron chi connectivity index (χ0n) is 11.2. The largest absolute Gasteiger partial charge is 0.480 e. The van der Waals surface area contributed by atoms with Crippen molar-refractivity contribution >= 4 is 17.7 Å². The first-order chi connectivity index (χ1) is 7.94. The molecule has 17 heavy (non-hydrogen) atoms. The zero-order chi connectivity index (χ0) is 12.9. The lowest BCUT2D eigenvalue weighted by Crippen LogP contribution is -2.51. The van der Waals surface area contributed by atoms with Crippen molar-refractivity contribution in [3.8, 4) is 0 Å². The molecule has 0 radical (unpaired) electrons. The number of carbonyl (C=O) groups is 1. The van der Waals surface area contributed by atoms with Crippen LogP contribution in [0.4, 0.5) is 0 Å². The van der Waals surface area contributed by atoms with Crippen molar-refractivity contribution < 1.29 is 9.90 Å². The topological polar surface area (TPSA) is 49.3 Å². The molecule has 0 bridgehead atoms. The average Bonchev–Trinajstić information content (AvgIpc) is 3.00. The summed E-state index contributed by atoms with van der Waals surface area (Å²) < 4.78 is 0. The molecule has 2 N–H and O–H groups in total. The maximum absolute atomic E-state index is 11.3. The second kappa shape index (κ2) is 6.64. The van der Waals surface area contributed by atoms with Crippen molar-refractivity contribution in [1.82, 2.24) is 5.32 Å². The number of hydrogen-bond acceptors (Lipinski definition) is 3. The predicted octanol–water partition coefficient (Wildman–Crippen LogP) is 2.75. The average molecular weight is 259 g/mol. The summed E-state index contributed by atoms with van der Waals surface area (Å²) in [7, 11) is 0. The Kier molecular flexibility index (Phi) is 5.80. The van der Waals surface area contributed by atoms with Gasteiger partial charge in [-0.3, -0.25) is 10.1 Å². The Morgan fingerprint density at radius 2 is 2.12 bits per heavy atom. The van der Waals surface area contributed by atoms with Gasteiger partial charge in [-0.2, -0.15) is 11.8 Å². The SMILES string of the molecule is CC(C)CCSCCC(C)(NC1CC1)C(=O)O. The van der Waals surface area contributed by atoms with Gasteiger partial charge in [0.2, 0.25) is 0 Å². The molecule has 0 aromatic rings. The molecular formula is C13H25NO2S. The van der Waals surface area contributed by atoms with Crippen molar-refractivity contribution in [1.29, 1.82) is 0 Å². The van der Waals surface area contributed by atoms with Gasteiger partial charge in [-0.05, 0) is 50.0 Å². The van der Waals surface area contributed by atoms with E-state index in [0.717, 1.165) is 30.3 Å². The number of carboxylic acids is 1. The minimum absolute atomic E-state index is 0.441. The van der Waals surface area contributed by atoms with Gasteiger partial charge in [0.1, 0.15) is 5.54 Å². The smallest absolute Gasteiger partial charge is 0.323 e. The fourth-order valence-electron chi connectivity index (χ4n) is 1.62. The molecule has 3 nitrogen and oxygen atoms in total. The predicted molar refractivity (Wildman–Crippen MR) is 73.6 cm³/mol. The lowest BCUT2D eigenvalue weighted by molar-refractivity contribution is -0.144. The highest BCUT2D eigenvalue weighted by molar-refractivity contribution is 7.99. The number of rotatable bonds is 9. The maximum atomic E-state index is 11.3. The van der Waals surface area contributed by atoms with Gasteiger partial charge >= 0.3 is 5.97 Å². The second-order valence-corrected chi connectivity index (χ2v) is 6.83. The van der Waals surface area contributed by atoms with Crippen molar-refractivity contribution in [3.05, 3.63) is 0 Å². The van der Waals surface area contributed by atoms with Crippen LogP contribution in [0.1, 0.15) is 46.5 Å². The van der Waals surface area contributed by atoms with Gasteiger partial charge in [0.25, 0.3) is 0 Å². The first-order valence-corrected chi connectivity index (χ1v) is 7.68. The van der Waals surface area contributed by atoms with E-state index in [2.05, 4.69) is 19.2 Å². The van der Waals surface area contributed by atoms with Gasteiger partial charge in [0.15, 0.2) is 0 Å². The van der Waals surface area contributed by atoms with Crippen LogP contribution >= 0.6 is 11.8 Å². The molecule has 1 atom stereocenters. The van der Waals surface area contributed by atoms with Gasteiger partial charge in [-0.1, -0.05) is 13.8 Å². The van der Waals surface area contributed by atoms with E-state index in [4.69, 9.17) is 0 Å². The van der Waals surface area contributed by atoms with Crippen LogP contribution in [0.3, 0.4) is 0 Å². The molecule has 0 aromatic carbocycles. The quantitative estimate of drug-likeness (QED) is 0.625. The Balaban J connectivity index is 2.21. The number of nitrogens with one attached hydrogen (secondary N) is 1. The highest BCUT2D eigenvalue weighted by Gasteiger charge is 2.37. The Bertz CT molecular complexity index is 254. The first-order valence-electron chi connectivity index (χ1n) is 6.53. The Morgan fingerprint density at radius 1 is 1.47 bits per heavy atom. The molecule has 0 aliphatic heterocycles. The third kappa shape index (κ3) is 5.77. The van der Waals surface area contributed by atoms with Crippen LogP contribution in [0, 0.1) is 5.92 Å². The lowest BCUT2D eigenvalue weighted by Gasteiger charge is -2.26. The number of aliphatic carboxylic acids is 1. The number of carboxylic acid groups (broad SMARTS) is 1. The molecule has 1 unspecified atom stereocenters. The third-order valence-corrected chi connectivity index (χ3v) is 4.18. The van der Waals surface area contributed by atoms with Crippen LogP contribution in [0.25, 0.3) is 0 Å². The summed E-state index contributed by atoms with van der Waals surface area (Å²) >= 11 is 1.87. The van der Waals surface area contributed by atoms with E-state index in [-0.39, 0.29) is 0 Å². The molecule has 0 heterocycles. The van der Waals surface area contributed by atoms with Crippen LogP contribution in [-0.2, 0) is 4.79 Å². The van der Waals surface area contributed by atoms with Crippen LogP contribution in [0.5, 0.6) is 0 Å². The van der Waals surface area contributed by atoms with Crippen LogP contribution in [-0.4, -0.2) is 34.2 Å². The van der Waals surface area contributed by atoms with Gasteiger partial charge in [0, 0.05) is 6.04 Å². The molecule has 100 valence electrons. The van der Waals surface area contributed by atoms with Crippen molar-refractivity contribution in [2.24, 2.45) is 5.92 Å². The first kappa shape index (κ1) is 14.8. The number of hydrogen-bond donors (Lipinski definition) is 2. The Hall–Kier alpha value is -0.220. The van der Waals surface area contributed by atoms with Crippen LogP contribution in [0.15, 0.2) is 0 Å². The Labute approximate surface area is 109 Å². The molecule has 0 saturated heterocycles. The summed E-state index contributed by atoms with van der Waals surface area (Å²) in [6.07, 6.45) is 4.18. The van der Waals surface area contributed by atoms with Gasteiger partial charge in [0.05, 0.1) is 0 Å². The van der Waals surface area contributed by atoms with Gasteiger partial charge < -0.3 is 5.11 Å². The van der Waals surface area contributed by atoms with E-state index in [0.29, 0.717) is 12.5 Å². The van der Waals surface area contributed by atoms with Crippen LogP contribution < -0.4 is 5.32 Å². The van der Waals surface area contributed by atoms with E-state index in [9.17, 15) is 9.90 Å². The molecule has 1 fully saturated rings. The lowest BCUT2D eigenvalue weighted by atomic mass is 9.99. The summed E-state index contributed by atoms with van der Waals surface area (Å²) in [6.45, 7) is 6.25. The summed E-state index contributed by atoms with van der Waals surface area (Å²) in [4.78, 5) is 11.3. The van der Waals surface area contributed by atoms with E-state index >= 15 is 0 Å². The third-order valence-electron chi connectivity index (χ3n) is 3.16. The van der Waals surface area contributed by atoms with Crippen molar-refractivity contribution in [3.63, 3.8) is 0 Å². The minimum atomic E-state index is -0.730. The monoisotopic (exact) mass is 259 g/mol. The number of thioether (sulfide) groups is 1. The fraction of sp³-hybridized carbons (Fsp3) is 0.923. The zero-order valence-corrected chi connectivity index (χ0v) is 12.0. The van der Waals surface area contributed by atoms with E-state index in [1.165, 1.54) is 6.42 Å². The Morgan fingerprint density at radius 3 is 2.59 bits per heavy atom. The molecule has 0 amide bonds. The molecule has 1 aliphatic carbocycles. The highest BCUT2D eigenvalue weighted by atomic mass is 32.2. The van der Waals surface area contributed by atoms with Crippen molar-refractivity contribution in [2.75, 3.05) is 11.5 Å². The summed E-state index contributed by atoms with van der Waals surface area (Å²) in [5, 5.41) is 12.5. The van der Waals surface area contributed by atoms with E-state index < -0.39 is 11.5 Å². The standard InChI is InChI=1S/C13H25NO2S/c1-10(2)6-8-17-9-7-13(3,12(15)16)14-11-4-5-11/h10-11,14H,4-9H2,1-3H3,(H,15,16). The normalized spacial score (nSPS) is 19.3. The summed E-state index contributed by atoms with van der Waals surface area (Å²) in [5.41, 5.74) is -0.730. The second-order valence-electron chi connectivity index (χ2n) is 5.60. The molecule has 4 heteroatoms. The molecular weight excluding hydrogens is 234 g/mol. The molecule has 0 aromatic heterocycles. The summed E-state index contributed by atoms with van der Waals surface area (Å²) in [5.74, 6) is 2.08. The molecule has 1 aliphatic rings. The van der Waals surface area contributed by atoms with Gasteiger partial charge in [-0.15, -0.1) is 0 Å². The van der Waals surface area contributed by atoms with E-state index in [1.54, 1.807) is 0 Å². The molecule has 1 rings (SSSR count). The highest BCUT2D eigenvalue weighted by Crippen LogP contribution is 2.25. The van der Waals surface area contributed by atoms with Crippen molar-refractivity contribution in [2.45, 2.75) is 58.0 Å².